The van der Waals surface area contributed by atoms with Crippen LogP contribution in [0.3, 0.4) is 0 Å². The van der Waals surface area contributed by atoms with Crippen molar-refractivity contribution in [3.63, 3.8) is 0 Å². The van der Waals surface area contributed by atoms with Gasteiger partial charge in [-0.25, -0.2) is 4.79 Å². The van der Waals surface area contributed by atoms with E-state index in [4.69, 9.17) is 0 Å². The van der Waals surface area contributed by atoms with Crippen molar-refractivity contribution in [1.29, 1.82) is 0 Å². The Kier molecular flexibility index (Phi) is 16.4. The monoisotopic (exact) mass is 509 g/mol. The summed E-state index contributed by atoms with van der Waals surface area (Å²) in [6.07, 6.45) is 22.9. The van der Waals surface area contributed by atoms with Crippen molar-refractivity contribution in [1.82, 2.24) is 5.32 Å². The Balaban J connectivity index is 1.47. The molecule has 2 rings (SSSR count). The third-order valence-corrected chi connectivity index (χ3v) is 7.44. The van der Waals surface area contributed by atoms with E-state index in [-0.39, 0.29) is 5.91 Å². The summed E-state index contributed by atoms with van der Waals surface area (Å²) in [5.41, 5.74) is 0.948. The molecule has 0 aliphatic heterocycles. The van der Waals surface area contributed by atoms with Gasteiger partial charge in [0, 0.05) is 12.8 Å². The molecular formula is C33H51NO3. The molecule has 0 heterocycles. The molecule has 0 fully saturated rings. The summed E-state index contributed by atoms with van der Waals surface area (Å²) in [6, 6.07) is 13.0. The Hall–Kier alpha value is -2.36. The predicted molar refractivity (Wildman–Crippen MR) is 156 cm³/mol. The van der Waals surface area contributed by atoms with Crippen molar-refractivity contribution in [2.45, 2.75) is 135 Å². The van der Waals surface area contributed by atoms with Crippen LogP contribution in [0, 0.1) is 0 Å². The van der Waals surface area contributed by atoms with Crippen LogP contribution in [-0.4, -0.2) is 23.0 Å². The number of amides is 1. The van der Waals surface area contributed by atoms with Crippen LogP contribution in [0.4, 0.5) is 0 Å². The first kappa shape index (κ1) is 30.9. The Labute approximate surface area is 225 Å². The highest BCUT2D eigenvalue weighted by Gasteiger charge is 2.21. The second kappa shape index (κ2) is 19.7. The number of fused-ring (bicyclic) bond motifs is 1. The molecule has 0 saturated carbocycles. The van der Waals surface area contributed by atoms with E-state index < -0.39 is 12.0 Å². The fraction of sp³-hybridized carbons (Fsp3) is 0.636. The maximum absolute atomic E-state index is 12.4. The van der Waals surface area contributed by atoms with Gasteiger partial charge in [-0.15, -0.1) is 0 Å². The number of carbonyl (C=O) groups excluding carboxylic acids is 1. The van der Waals surface area contributed by atoms with Crippen molar-refractivity contribution in [3.8, 4) is 0 Å². The Bertz CT molecular complexity index is 889. The van der Waals surface area contributed by atoms with Crippen molar-refractivity contribution < 1.29 is 14.7 Å². The molecule has 2 aromatic carbocycles. The molecule has 0 aliphatic carbocycles. The van der Waals surface area contributed by atoms with E-state index in [1.54, 1.807) is 0 Å². The second-order valence-corrected chi connectivity index (χ2v) is 10.7. The zero-order chi connectivity index (χ0) is 26.6. The summed E-state index contributed by atoms with van der Waals surface area (Å²) in [7, 11) is 0. The molecule has 4 nitrogen and oxygen atoms in total. The van der Waals surface area contributed by atoms with Gasteiger partial charge in [0.05, 0.1) is 0 Å². The van der Waals surface area contributed by atoms with Crippen LogP contribution in [0.2, 0.25) is 0 Å². The molecule has 2 aromatic rings. The summed E-state index contributed by atoms with van der Waals surface area (Å²) in [4.78, 5) is 24.2. The number of hydrogen-bond donors (Lipinski definition) is 2. The first-order valence-corrected chi connectivity index (χ1v) is 15.1. The van der Waals surface area contributed by atoms with Crippen LogP contribution in [-0.2, 0) is 16.0 Å². The van der Waals surface area contributed by atoms with Gasteiger partial charge in [-0.05, 0) is 22.8 Å². The number of unbranched alkanes of at least 4 members (excludes halogenated alkanes) is 16. The average Bonchev–Trinajstić information content (AvgIpc) is 2.90. The minimum atomic E-state index is -0.983. The maximum atomic E-state index is 12.4. The van der Waals surface area contributed by atoms with Crippen LogP contribution >= 0.6 is 0 Å². The highest BCUT2D eigenvalue weighted by molar-refractivity contribution is 5.88. The predicted octanol–water partition coefficient (Wildman–Crippen LogP) is 8.99. The molecule has 206 valence electrons. The van der Waals surface area contributed by atoms with Gasteiger partial charge in [-0.3, -0.25) is 4.79 Å². The quantitative estimate of drug-likeness (QED) is 0.156. The van der Waals surface area contributed by atoms with Gasteiger partial charge >= 0.3 is 5.97 Å². The van der Waals surface area contributed by atoms with Crippen molar-refractivity contribution in [2.24, 2.45) is 0 Å². The van der Waals surface area contributed by atoms with Gasteiger partial charge in [-0.1, -0.05) is 152 Å². The number of carboxylic acid groups (broad SMARTS) is 1. The molecule has 0 aliphatic rings. The smallest absolute Gasteiger partial charge is 0.326 e. The number of carbonyl (C=O) groups is 2. The molecule has 0 aromatic heterocycles. The fourth-order valence-electron chi connectivity index (χ4n) is 5.17. The molecule has 4 heteroatoms. The standard InChI is InChI=1S/C33H51NO3/c1-2-3-4-5-6-7-8-9-10-11-12-13-14-15-16-17-18-26-32(35)34-31(33(36)37)27-29-24-21-23-28-22-19-20-25-30(28)29/h19-25,31H,2-18,26-27H2,1H3,(H,34,35)(H,36,37)/t31-/m0/s1. The molecular weight excluding hydrogens is 458 g/mol. The number of aliphatic carboxylic acids is 1. The van der Waals surface area contributed by atoms with Crippen molar-refractivity contribution in [2.75, 3.05) is 0 Å². The van der Waals surface area contributed by atoms with Gasteiger partial charge in [0.25, 0.3) is 0 Å². The minimum absolute atomic E-state index is 0.159. The second-order valence-electron chi connectivity index (χ2n) is 10.7. The summed E-state index contributed by atoms with van der Waals surface area (Å²) in [5, 5.41) is 14.5. The van der Waals surface area contributed by atoms with Crippen LogP contribution in [0.15, 0.2) is 42.5 Å². The van der Waals surface area contributed by atoms with E-state index >= 15 is 0 Å². The lowest BCUT2D eigenvalue weighted by atomic mass is 9.98. The summed E-state index contributed by atoms with van der Waals surface area (Å²) >= 11 is 0. The Morgan fingerprint density at radius 1 is 0.676 bits per heavy atom. The lowest BCUT2D eigenvalue weighted by molar-refractivity contribution is -0.141. The highest BCUT2D eigenvalue weighted by atomic mass is 16.4. The first-order chi connectivity index (χ1) is 18.1. The van der Waals surface area contributed by atoms with E-state index in [1.807, 2.05) is 42.5 Å². The van der Waals surface area contributed by atoms with Gasteiger partial charge in [0.15, 0.2) is 0 Å². The number of benzene rings is 2. The molecule has 37 heavy (non-hydrogen) atoms. The average molecular weight is 510 g/mol. The molecule has 1 amide bonds. The number of hydrogen-bond acceptors (Lipinski definition) is 2. The first-order valence-electron chi connectivity index (χ1n) is 15.1. The Morgan fingerprint density at radius 3 is 1.70 bits per heavy atom. The molecule has 0 spiro atoms. The van der Waals surface area contributed by atoms with E-state index in [9.17, 15) is 14.7 Å². The van der Waals surface area contributed by atoms with E-state index in [0.29, 0.717) is 12.8 Å². The summed E-state index contributed by atoms with van der Waals surface area (Å²) in [6.45, 7) is 2.27. The number of nitrogens with one attached hydrogen (secondary N) is 1. The molecule has 0 unspecified atom stereocenters. The number of rotatable bonds is 22. The topological polar surface area (TPSA) is 66.4 Å². The Morgan fingerprint density at radius 2 is 1.16 bits per heavy atom. The minimum Gasteiger partial charge on any atom is -0.480 e. The van der Waals surface area contributed by atoms with Gasteiger partial charge in [-0.2, -0.15) is 0 Å². The van der Waals surface area contributed by atoms with Crippen LogP contribution in [0.1, 0.15) is 128 Å². The fourth-order valence-corrected chi connectivity index (χ4v) is 5.17. The van der Waals surface area contributed by atoms with E-state index in [2.05, 4.69) is 12.2 Å². The van der Waals surface area contributed by atoms with E-state index in [1.165, 1.54) is 89.9 Å². The van der Waals surface area contributed by atoms with Gasteiger partial charge in [0.2, 0.25) is 5.91 Å². The maximum Gasteiger partial charge on any atom is 0.326 e. The molecule has 0 radical (unpaired) electrons. The normalized spacial score (nSPS) is 12.0. The molecule has 0 saturated heterocycles. The zero-order valence-electron chi connectivity index (χ0n) is 23.3. The van der Waals surface area contributed by atoms with Gasteiger partial charge < -0.3 is 10.4 Å². The van der Waals surface area contributed by atoms with Gasteiger partial charge in [0.1, 0.15) is 6.04 Å². The summed E-state index contributed by atoms with van der Waals surface area (Å²) in [5.74, 6) is -1.14. The summed E-state index contributed by atoms with van der Waals surface area (Å²) < 4.78 is 0. The van der Waals surface area contributed by atoms with E-state index in [0.717, 1.165) is 35.6 Å². The lowest BCUT2D eigenvalue weighted by Crippen LogP contribution is -2.42. The van der Waals surface area contributed by atoms with Crippen molar-refractivity contribution in [3.05, 3.63) is 48.0 Å². The third kappa shape index (κ3) is 13.7. The largest absolute Gasteiger partial charge is 0.480 e. The highest BCUT2D eigenvalue weighted by Crippen LogP contribution is 2.20. The molecule has 0 bridgehead atoms. The van der Waals surface area contributed by atoms with Crippen LogP contribution in [0.25, 0.3) is 10.8 Å². The van der Waals surface area contributed by atoms with Crippen LogP contribution in [0.5, 0.6) is 0 Å². The number of carboxylic acids is 1. The SMILES string of the molecule is CCCCCCCCCCCCCCCCCCCC(=O)N[C@@H](Cc1cccc2ccccc12)C(=O)O. The molecule has 1 atom stereocenters. The lowest BCUT2D eigenvalue weighted by Gasteiger charge is -2.16. The van der Waals surface area contributed by atoms with Crippen LogP contribution < -0.4 is 5.32 Å². The molecule has 2 N–H and O–H groups in total. The van der Waals surface area contributed by atoms with Crippen molar-refractivity contribution >= 4 is 22.6 Å². The third-order valence-electron chi connectivity index (χ3n) is 7.44. The zero-order valence-corrected chi connectivity index (χ0v) is 23.3.